The number of ether oxygens (including phenoxy) is 3. The molecule has 5 aliphatic carbocycles. The lowest BCUT2D eigenvalue weighted by molar-refractivity contribution is -0.403. The molecule has 15 atom stereocenters. The van der Waals surface area contributed by atoms with Crippen LogP contribution in [0, 0.1) is 57.7 Å². The first-order valence-corrected chi connectivity index (χ1v) is 20.8. The zero-order valence-electron chi connectivity index (χ0n) is 29.0. The van der Waals surface area contributed by atoms with Crippen LogP contribution in [0.3, 0.4) is 0 Å². The predicted octanol–water partition coefficient (Wildman–Crippen LogP) is 6.34. The van der Waals surface area contributed by atoms with Crippen LogP contribution in [-0.2, 0) is 43.4 Å². The second kappa shape index (κ2) is 11.1. The SMILES string of the molecule is CCCC12OC3C[C@H]4C5CC[C@H]6C[C@H](OS(=O)(=O)O)[C@@H](OS(=O)(=O)O)C[C@]6(C)C5CC[C@]4(C)C3[C@@](C)(O1)C(CC1(C(C)C)CC1C)O2. The van der Waals surface area contributed by atoms with Gasteiger partial charge in [0.25, 0.3) is 5.97 Å². The molecule has 7 fully saturated rings. The van der Waals surface area contributed by atoms with Crippen molar-refractivity contribution < 1.29 is 48.5 Å². The minimum Gasteiger partial charge on any atom is -0.324 e. The lowest BCUT2D eigenvalue weighted by atomic mass is 9.44. The molecule has 47 heavy (non-hydrogen) atoms. The molecule has 2 heterocycles. The molecule has 0 spiro atoms. The molecule has 0 aromatic carbocycles. The summed E-state index contributed by atoms with van der Waals surface area (Å²) in [7, 11) is -9.75. The summed E-state index contributed by atoms with van der Waals surface area (Å²) in [6.45, 7) is 16.1. The van der Waals surface area contributed by atoms with E-state index in [9.17, 15) is 25.9 Å². The summed E-state index contributed by atoms with van der Waals surface area (Å²) in [6.07, 6.45) is 6.38. The molecule has 5 saturated carbocycles. The van der Waals surface area contributed by atoms with Crippen LogP contribution in [0.25, 0.3) is 0 Å². The minimum absolute atomic E-state index is 0.0192. The van der Waals surface area contributed by atoms with Crippen LogP contribution in [-0.4, -0.2) is 61.9 Å². The molecule has 0 radical (unpaired) electrons. The Balaban J connectivity index is 1.19. The van der Waals surface area contributed by atoms with Crippen LogP contribution < -0.4 is 0 Å². The highest BCUT2D eigenvalue weighted by molar-refractivity contribution is 7.81. The summed E-state index contributed by atoms with van der Waals surface area (Å²) in [5.74, 6) is 1.44. The molecule has 7 rings (SSSR count). The van der Waals surface area contributed by atoms with Crippen LogP contribution in [0.15, 0.2) is 0 Å². The van der Waals surface area contributed by atoms with Crippen LogP contribution in [0.2, 0.25) is 0 Å². The molecule has 13 heteroatoms. The van der Waals surface area contributed by atoms with E-state index >= 15 is 0 Å². The minimum atomic E-state index is -4.89. The lowest BCUT2D eigenvalue weighted by Gasteiger charge is -2.62. The first kappa shape index (κ1) is 35.0. The van der Waals surface area contributed by atoms with Crippen molar-refractivity contribution in [2.45, 2.75) is 155 Å². The van der Waals surface area contributed by atoms with Crippen molar-refractivity contribution in [3.8, 4) is 0 Å². The molecule has 2 N–H and O–H groups in total. The monoisotopic (exact) mass is 704 g/mol. The Morgan fingerprint density at radius 2 is 1.53 bits per heavy atom. The van der Waals surface area contributed by atoms with E-state index in [-0.39, 0.29) is 59.0 Å². The van der Waals surface area contributed by atoms with Gasteiger partial charge in [-0.25, -0.2) is 8.37 Å². The van der Waals surface area contributed by atoms with Gasteiger partial charge in [0.05, 0.1) is 12.2 Å². The fraction of sp³-hybridized carbons (Fsp3) is 1.00. The van der Waals surface area contributed by atoms with Gasteiger partial charge in [0, 0.05) is 12.3 Å². The van der Waals surface area contributed by atoms with Gasteiger partial charge in [-0.3, -0.25) is 9.11 Å². The van der Waals surface area contributed by atoms with Gasteiger partial charge in [-0.15, -0.1) is 0 Å². The maximum atomic E-state index is 11.9. The van der Waals surface area contributed by atoms with Crippen LogP contribution in [0.5, 0.6) is 0 Å². The molecule has 2 aliphatic heterocycles. The van der Waals surface area contributed by atoms with Gasteiger partial charge in [0.2, 0.25) is 0 Å². The van der Waals surface area contributed by atoms with Crippen LogP contribution in [0.4, 0.5) is 0 Å². The Morgan fingerprint density at radius 1 is 0.872 bits per heavy atom. The second-order valence-corrected chi connectivity index (χ2v) is 19.8. The molecule has 0 aromatic rings. The number of hydrogen-bond donors (Lipinski definition) is 2. The number of rotatable bonds is 9. The normalized spacial score (nSPS) is 53.7. The van der Waals surface area contributed by atoms with Crippen molar-refractivity contribution in [2.24, 2.45) is 57.7 Å². The second-order valence-electron chi connectivity index (χ2n) is 17.7. The maximum Gasteiger partial charge on any atom is 0.397 e. The molecular weight excluding hydrogens is 648 g/mol. The molecule has 2 bridgehead atoms. The third kappa shape index (κ3) is 5.50. The smallest absolute Gasteiger partial charge is 0.324 e. The average molecular weight is 705 g/mol. The molecule has 7 aliphatic rings. The third-order valence-electron chi connectivity index (χ3n) is 15.2. The Kier molecular flexibility index (Phi) is 8.25. The summed E-state index contributed by atoms with van der Waals surface area (Å²) in [5.41, 5.74) is -0.615. The molecule has 2 saturated heterocycles. The Morgan fingerprint density at radius 3 is 2.13 bits per heavy atom. The fourth-order valence-corrected chi connectivity index (χ4v) is 14.1. The average Bonchev–Trinajstić information content (AvgIpc) is 3.39. The molecular formula is C34H56O11S2. The molecule has 0 amide bonds. The van der Waals surface area contributed by atoms with E-state index < -0.39 is 44.6 Å². The van der Waals surface area contributed by atoms with Crippen molar-refractivity contribution in [3.05, 3.63) is 0 Å². The van der Waals surface area contributed by atoms with Gasteiger partial charge in [0.15, 0.2) is 0 Å². The van der Waals surface area contributed by atoms with Gasteiger partial charge in [-0.05, 0) is 123 Å². The van der Waals surface area contributed by atoms with Gasteiger partial charge >= 0.3 is 20.8 Å². The van der Waals surface area contributed by atoms with Crippen LogP contribution >= 0.6 is 0 Å². The summed E-state index contributed by atoms with van der Waals surface area (Å²) in [5, 5.41) is 0. The van der Waals surface area contributed by atoms with Gasteiger partial charge in [0.1, 0.15) is 17.8 Å². The highest BCUT2D eigenvalue weighted by Crippen LogP contribution is 2.73. The van der Waals surface area contributed by atoms with Gasteiger partial charge in [-0.1, -0.05) is 41.5 Å². The highest BCUT2D eigenvalue weighted by atomic mass is 32.3. The molecule has 0 aromatic heterocycles. The standard InChI is InChI=1S/C34H56O11S2/c1-8-12-34-41-26-15-24-22-10-9-21-14-25(43-46(35,36)37)27(44-47(38,39)40)17-31(21,6)23(22)11-13-30(24,5)29(26)32(7,45-34)28(42-34)18-33(19(2)3)16-20(33)4/h19-29H,8-18H2,1-7H3,(H,35,36,37)(H,38,39,40)/t20?,21-,22?,23?,24-,25-,26?,27-,28?,29?,30-,31-,32-,33?,34?/m0/s1. The molecule has 8 unspecified atom stereocenters. The van der Waals surface area contributed by atoms with E-state index in [0.29, 0.717) is 30.1 Å². The largest absolute Gasteiger partial charge is 0.397 e. The van der Waals surface area contributed by atoms with Crippen LogP contribution in [0.1, 0.15) is 119 Å². The van der Waals surface area contributed by atoms with E-state index in [4.69, 9.17) is 22.6 Å². The Hall–Kier alpha value is -0.380. The van der Waals surface area contributed by atoms with Crippen molar-refractivity contribution in [2.75, 3.05) is 0 Å². The number of hydrogen-bond acceptors (Lipinski definition) is 9. The topological polar surface area (TPSA) is 155 Å². The van der Waals surface area contributed by atoms with E-state index in [0.717, 1.165) is 44.9 Å². The van der Waals surface area contributed by atoms with Crippen molar-refractivity contribution >= 4 is 20.8 Å². The zero-order chi connectivity index (χ0) is 34.2. The van der Waals surface area contributed by atoms with Gasteiger partial charge < -0.3 is 14.2 Å². The van der Waals surface area contributed by atoms with E-state index in [2.05, 4.69) is 48.5 Å². The van der Waals surface area contributed by atoms with E-state index in [1.807, 2.05) is 0 Å². The number of fused-ring (bicyclic) bond motifs is 10. The molecule has 270 valence electrons. The first-order chi connectivity index (χ1) is 21.7. The summed E-state index contributed by atoms with van der Waals surface area (Å²) < 4.78 is 97.2. The van der Waals surface area contributed by atoms with Gasteiger partial charge in [-0.2, -0.15) is 16.8 Å². The van der Waals surface area contributed by atoms with E-state index in [1.54, 1.807) is 0 Å². The predicted molar refractivity (Wildman–Crippen MR) is 171 cm³/mol. The van der Waals surface area contributed by atoms with E-state index in [1.165, 1.54) is 6.42 Å². The van der Waals surface area contributed by atoms with Crippen molar-refractivity contribution in [1.82, 2.24) is 0 Å². The third-order valence-corrected chi connectivity index (χ3v) is 16.2. The summed E-state index contributed by atoms with van der Waals surface area (Å²) >= 11 is 0. The fourth-order valence-electron chi connectivity index (χ4n) is 13.1. The maximum absolute atomic E-state index is 11.9. The lowest BCUT2D eigenvalue weighted by Crippen LogP contribution is -2.61. The quantitative estimate of drug-likeness (QED) is 0.258. The summed E-state index contributed by atoms with van der Waals surface area (Å²) in [4.78, 5) is 0. The Labute approximate surface area is 281 Å². The molecule has 11 nitrogen and oxygen atoms in total. The van der Waals surface area contributed by atoms with Crippen molar-refractivity contribution in [3.63, 3.8) is 0 Å². The highest BCUT2D eigenvalue weighted by Gasteiger charge is 2.75. The Bertz CT molecular complexity index is 1470. The summed E-state index contributed by atoms with van der Waals surface area (Å²) in [6, 6.07) is 0. The van der Waals surface area contributed by atoms with Crippen molar-refractivity contribution in [1.29, 1.82) is 0 Å². The first-order valence-electron chi connectivity index (χ1n) is 18.1. The zero-order valence-corrected chi connectivity index (χ0v) is 30.6.